The number of carbonyl (C=O) groups is 3. The zero-order valence-electron chi connectivity index (χ0n) is 43.1. The van der Waals surface area contributed by atoms with Crippen LogP contribution in [0.4, 0.5) is 0 Å². The van der Waals surface area contributed by atoms with Crippen LogP contribution in [0.2, 0.25) is 0 Å². The van der Waals surface area contributed by atoms with E-state index in [4.69, 9.17) is 14.2 Å². The van der Waals surface area contributed by atoms with E-state index in [0.717, 1.165) is 64.2 Å². The summed E-state index contributed by atoms with van der Waals surface area (Å²) in [6, 6.07) is 0. The van der Waals surface area contributed by atoms with E-state index in [1.165, 1.54) is 205 Å². The molecular weight excluding hydrogens is 793 g/mol. The number of ether oxygens (including phenoxy) is 3. The molecule has 0 radical (unpaired) electrons. The Balaban J connectivity index is 4.16. The Morgan fingerprint density at radius 2 is 0.562 bits per heavy atom. The second-order valence-electron chi connectivity index (χ2n) is 19.2. The van der Waals surface area contributed by atoms with Gasteiger partial charge in [0.15, 0.2) is 6.10 Å². The Labute approximate surface area is 398 Å². The predicted molar refractivity (Wildman–Crippen MR) is 275 cm³/mol. The summed E-state index contributed by atoms with van der Waals surface area (Å²) in [6.07, 6.45) is 61.9. The summed E-state index contributed by atoms with van der Waals surface area (Å²) in [6.45, 7) is 6.61. The van der Waals surface area contributed by atoms with Gasteiger partial charge in [-0.25, -0.2) is 0 Å². The molecule has 0 fully saturated rings. The van der Waals surface area contributed by atoms with Crippen LogP contribution in [0.25, 0.3) is 0 Å². The van der Waals surface area contributed by atoms with E-state index >= 15 is 0 Å². The minimum absolute atomic E-state index is 0.0682. The van der Waals surface area contributed by atoms with Crippen LogP contribution in [0.1, 0.15) is 310 Å². The lowest BCUT2D eigenvalue weighted by molar-refractivity contribution is -0.167. The van der Waals surface area contributed by atoms with Crippen LogP contribution in [0, 0.1) is 0 Å². The van der Waals surface area contributed by atoms with Crippen molar-refractivity contribution in [3.8, 4) is 0 Å². The summed E-state index contributed by atoms with van der Waals surface area (Å²) in [5.41, 5.74) is 0. The van der Waals surface area contributed by atoms with Crippen molar-refractivity contribution >= 4 is 17.9 Å². The SMILES string of the molecule is CCCCC/C=C\C/C=C\CCCCCCCCCCCC(=O)OC(COC(=O)CCCCCCCCC)COC(=O)CCCCCCCCCCCCCCCCCCCCCC. The molecule has 0 aromatic carbocycles. The molecule has 1 atom stereocenters. The third-order valence-electron chi connectivity index (χ3n) is 12.7. The number of hydrogen-bond acceptors (Lipinski definition) is 6. The van der Waals surface area contributed by atoms with Gasteiger partial charge in [0.25, 0.3) is 0 Å². The molecule has 6 heteroatoms. The van der Waals surface area contributed by atoms with Crippen molar-refractivity contribution in [2.75, 3.05) is 13.2 Å². The quantitative estimate of drug-likeness (QED) is 0.0262. The van der Waals surface area contributed by atoms with E-state index in [1.807, 2.05) is 0 Å². The summed E-state index contributed by atoms with van der Waals surface area (Å²) in [7, 11) is 0. The van der Waals surface area contributed by atoms with Crippen LogP contribution < -0.4 is 0 Å². The Bertz CT molecular complexity index is 1040. The smallest absolute Gasteiger partial charge is 0.306 e. The molecule has 0 saturated carbocycles. The van der Waals surface area contributed by atoms with Crippen LogP contribution in [0.5, 0.6) is 0 Å². The highest BCUT2D eigenvalue weighted by Gasteiger charge is 2.19. The Hall–Kier alpha value is -2.11. The fourth-order valence-corrected chi connectivity index (χ4v) is 8.42. The van der Waals surface area contributed by atoms with Gasteiger partial charge in [0.05, 0.1) is 0 Å². The average Bonchev–Trinajstić information content (AvgIpc) is 3.29. The molecule has 0 aliphatic rings. The molecule has 6 nitrogen and oxygen atoms in total. The van der Waals surface area contributed by atoms with Gasteiger partial charge >= 0.3 is 17.9 Å². The first-order chi connectivity index (χ1) is 31.5. The summed E-state index contributed by atoms with van der Waals surface area (Å²) in [5.74, 6) is -0.861. The monoisotopic (exact) mass is 901 g/mol. The highest BCUT2D eigenvalue weighted by molar-refractivity contribution is 5.71. The molecule has 0 bridgehead atoms. The maximum atomic E-state index is 12.8. The summed E-state index contributed by atoms with van der Waals surface area (Å²) < 4.78 is 16.8. The van der Waals surface area contributed by atoms with Crippen molar-refractivity contribution < 1.29 is 28.6 Å². The largest absolute Gasteiger partial charge is 0.462 e. The average molecular weight is 901 g/mol. The Morgan fingerprint density at radius 3 is 0.891 bits per heavy atom. The molecule has 0 N–H and O–H groups in total. The van der Waals surface area contributed by atoms with Crippen molar-refractivity contribution in [3.63, 3.8) is 0 Å². The molecular formula is C58H108O6. The van der Waals surface area contributed by atoms with Crippen LogP contribution in [0.3, 0.4) is 0 Å². The van der Waals surface area contributed by atoms with Crippen molar-refractivity contribution in [3.05, 3.63) is 24.3 Å². The molecule has 0 saturated heterocycles. The maximum absolute atomic E-state index is 12.8. The molecule has 0 aliphatic heterocycles. The Kier molecular flexibility index (Phi) is 51.7. The number of hydrogen-bond donors (Lipinski definition) is 0. The lowest BCUT2D eigenvalue weighted by Crippen LogP contribution is -2.30. The van der Waals surface area contributed by atoms with E-state index in [-0.39, 0.29) is 31.1 Å². The fourth-order valence-electron chi connectivity index (χ4n) is 8.42. The molecule has 0 aromatic heterocycles. The van der Waals surface area contributed by atoms with Gasteiger partial charge in [-0.1, -0.05) is 263 Å². The van der Waals surface area contributed by atoms with E-state index < -0.39 is 6.10 Å². The Morgan fingerprint density at radius 1 is 0.312 bits per heavy atom. The zero-order chi connectivity index (χ0) is 46.5. The molecule has 0 amide bonds. The summed E-state index contributed by atoms with van der Waals surface area (Å²) >= 11 is 0. The topological polar surface area (TPSA) is 78.9 Å². The van der Waals surface area contributed by atoms with E-state index in [1.54, 1.807) is 0 Å². The van der Waals surface area contributed by atoms with Gasteiger partial charge in [-0.05, 0) is 51.4 Å². The fraction of sp³-hybridized carbons (Fsp3) is 0.879. The van der Waals surface area contributed by atoms with Crippen LogP contribution >= 0.6 is 0 Å². The van der Waals surface area contributed by atoms with Gasteiger partial charge in [0, 0.05) is 19.3 Å². The van der Waals surface area contributed by atoms with Crippen LogP contribution in [0.15, 0.2) is 24.3 Å². The zero-order valence-corrected chi connectivity index (χ0v) is 43.1. The standard InChI is InChI=1S/C58H108O6/c1-4-7-10-13-16-18-20-22-24-26-28-30-31-33-35-37-39-42-45-48-51-57(60)63-54-55(53-62-56(59)50-47-44-41-15-12-9-6-3)64-58(61)52-49-46-43-40-38-36-34-32-29-27-25-23-21-19-17-14-11-8-5-2/h17,19,23,25,55H,4-16,18,20-22,24,26-54H2,1-3H3/b19-17-,25-23-. The highest BCUT2D eigenvalue weighted by atomic mass is 16.6. The molecule has 0 heterocycles. The van der Waals surface area contributed by atoms with Gasteiger partial charge in [-0.15, -0.1) is 0 Å². The maximum Gasteiger partial charge on any atom is 0.306 e. The normalized spacial score (nSPS) is 12.1. The third kappa shape index (κ3) is 50.9. The molecule has 0 rings (SSSR count). The van der Waals surface area contributed by atoms with Crippen molar-refractivity contribution in [2.45, 2.75) is 316 Å². The first-order valence-corrected chi connectivity index (χ1v) is 28.3. The van der Waals surface area contributed by atoms with Gasteiger partial charge in [-0.2, -0.15) is 0 Å². The van der Waals surface area contributed by atoms with Crippen molar-refractivity contribution in [2.24, 2.45) is 0 Å². The minimum atomic E-state index is -0.767. The number of allylic oxidation sites excluding steroid dienone is 4. The molecule has 376 valence electrons. The van der Waals surface area contributed by atoms with Crippen molar-refractivity contribution in [1.82, 2.24) is 0 Å². The third-order valence-corrected chi connectivity index (χ3v) is 12.7. The number of unbranched alkanes of at least 4 members (excludes halogenated alkanes) is 37. The lowest BCUT2D eigenvalue weighted by Gasteiger charge is -2.18. The van der Waals surface area contributed by atoms with Gasteiger partial charge in [0.2, 0.25) is 0 Å². The van der Waals surface area contributed by atoms with Gasteiger partial charge < -0.3 is 14.2 Å². The lowest BCUT2D eigenvalue weighted by atomic mass is 10.0. The number of esters is 3. The molecule has 64 heavy (non-hydrogen) atoms. The number of carbonyl (C=O) groups excluding carboxylic acids is 3. The summed E-state index contributed by atoms with van der Waals surface area (Å²) in [4.78, 5) is 37.9. The molecule has 0 aliphatic carbocycles. The molecule has 0 aromatic rings. The van der Waals surface area contributed by atoms with Crippen molar-refractivity contribution in [1.29, 1.82) is 0 Å². The van der Waals surface area contributed by atoms with Crippen LogP contribution in [-0.4, -0.2) is 37.2 Å². The predicted octanol–water partition coefficient (Wildman–Crippen LogP) is 18.7. The minimum Gasteiger partial charge on any atom is -0.462 e. The number of rotatable bonds is 52. The van der Waals surface area contributed by atoms with Crippen LogP contribution in [-0.2, 0) is 28.6 Å². The summed E-state index contributed by atoms with van der Waals surface area (Å²) in [5, 5.41) is 0. The second kappa shape index (κ2) is 53.5. The highest BCUT2D eigenvalue weighted by Crippen LogP contribution is 2.17. The molecule has 0 spiro atoms. The van der Waals surface area contributed by atoms with E-state index in [9.17, 15) is 14.4 Å². The van der Waals surface area contributed by atoms with Gasteiger partial charge in [-0.3, -0.25) is 14.4 Å². The first kappa shape index (κ1) is 61.9. The van der Waals surface area contributed by atoms with E-state index in [0.29, 0.717) is 19.3 Å². The van der Waals surface area contributed by atoms with E-state index in [2.05, 4.69) is 45.1 Å². The molecule has 1 unspecified atom stereocenters. The first-order valence-electron chi connectivity index (χ1n) is 28.3. The second-order valence-corrected chi connectivity index (χ2v) is 19.2. The van der Waals surface area contributed by atoms with Gasteiger partial charge in [0.1, 0.15) is 13.2 Å².